The normalized spacial score (nSPS) is 10.9. The summed E-state index contributed by atoms with van der Waals surface area (Å²) < 4.78 is 6.36. The SMILES string of the molecule is Cn1c(=O)oc(=O)c2cc(Br)cc(Cl)c21. The number of aryl methyl sites for hydroxylation is 1. The Kier molecular flexibility index (Phi) is 2.44. The van der Waals surface area contributed by atoms with Crippen molar-refractivity contribution in [3.8, 4) is 0 Å². The largest absolute Gasteiger partial charge is 0.422 e. The molecule has 1 aromatic heterocycles. The first-order valence-electron chi connectivity index (χ1n) is 3.99. The Morgan fingerprint density at radius 1 is 1.40 bits per heavy atom. The van der Waals surface area contributed by atoms with Gasteiger partial charge in [0.25, 0.3) is 0 Å². The summed E-state index contributed by atoms with van der Waals surface area (Å²) in [6.07, 6.45) is 0. The third kappa shape index (κ3) is 1.61. The molecule has 78 valence electrons. The van der Waals surface area contributed by atoms with Crippen molar-refractivity contribution >= 4 is 38.4 Å². The van der Waals surface area contributed by atoms with Crippen molar-refractivity contribution in [2.24, 2.45) is 7.05 Å². The quantitative estimate of drug-likeness (QED) is 0.745. The van der Waals surface area contributed by atoms with Gasteiger partial charge in [-0.1, -0.05) is 27.5 Å². The lowest BCUT2D eigenvalue weighted by Gasteiger charge is -2.04. The second kappa shape index (κ2) is 3.50. The molecule has 2 rings (SSSR count). The minimum atomic E-state index is -0.725. The molecule has 0 radical (unpaired) electrons. The average molecular weight is 290 g/mol. The summed E-state index contributed by atoms with van der Waals surface area (Å²) in [5, 5.41) is 0.600. The fraction of sp³-hybridized carbons (Fsp3) is 0.111. The third-order valence-electron chi connectivity index (χ3n) is 2.04. The van der Waals surface area contributed by atoms with Crippen molar-refractivity contribution in [2.75, 3.05) is 0 Å². The molecule has 0 bridgehead atoms. The van der Waals surface area contributed by atoms with Gasteiger partial charge in [-0.2, -0.15) is 0 Å². The molecule has 6 heteroatoms. The van der Waals surface area contributed by atoms with Gasteiger partial charge < -0.3 is 4.42 Å². The van der Waals surface area contributed by atoms with Crippen LogP contribution in [-0.2, 0) is 7.05 Å². The lowest BCUT2D eigenvalue weighted by Crippen LogP contribution is -2.22. The standard InChI is InChI=1S/C9H5BrClNO3/c1-12-7-5(8(13)15-9(12)14)2-4(10)3-6(7)11/h2-3H,1H3. The Bertz CT molecular complexity index is 659. The minimum Gasteiger partial charge on any atom is -0.372 e. The summed E-state index contributed by atoms with van der Waals surface area (Å²) in [4.78, 5) is 22.6. The number of rotatable bonds is 0. The summed E-state index contributed by atoms with van der Waals surface area (Å²) >= 11 is 9.15. The molecule has 0 aliphatic rings. The highest BCUT2D eigenvalue weighted by atomic mass is 79.9. The Labute approximate surface area is 97.2 Å². The van der Waals surface area contributed by atoms with Gasteiger partial charge in [0.05, 0.1) is 15.9 Å². The van der Waals surface area contributed by atoms with Gasteiger partial charge in [-0.3, -0.25) is 4.57 Å². The summed E-state index contributed by atoms with van der Waals surface area (Å²) in [6.45, 7) is 0. The second-order valence-electron chi connectivity index (χ2n) is 3.00. The predicted octanol–water partition coefficient (Wildman–Crippen LogP) is 1.91. The van der Waals surface area contributed by atoms with Gasteiger partial charge in [-0.05, 0) is 12.1 Å². The van der Waals surface area contributed by atoms with Crippen LogP contribution in [0.3, 0.4) is 0 Å². The fourth-order valence-corrected chi connectivity index (χ4v) is 2.29. The first-order chi connectivity index (χ1) is 7.00. The van der Waals surface area contributed by atoms with Crippen LogP contribution < -0.4 is 11.4 Å². The maximum Gasteiger partial charge on any atom is 0.422 e. The molecule has 0 unspecified atom stereocenters. The third-order valence-corrected chi connectivity index (χ3v) is 2.78. The van der Waals surface area contributed by atoms with Crippen molar-refractivity contribution in [3.05, 3.63) is 42.6 Å². The molecule has 0 aliphatic carbocycles. The van der Waals surface area contributed by atoms with E-state index in [1.54, 1.807) is 12.1 Å². The minimum absolute atomic E-state index is 0.275. The number of hydrogen-bond donors (Lipinski definition) is 0. The summed E-state index contributed by atoms with van der Waals surface area (Å²) in [5.41, 5.74) is -0.308. The number of fused-ring (bicyclic) bond motifs is 1. The lowest BCUT2D eigenvalue weighted by atomic mass is 10.2. The van der Waals surface area contributed by atoms with Crippen LogP contribution in [0, 0.1) is 0 Å². The van der Waals surface area contributed by atoms with Crippen LogP contribution in [0.2, 0.25) is 5.02 Å². The van der Waals surface area contributed by atoms with Crippen molar-refractivity contribution in [1.29, 1.82) is 0 Å². The first-order valence-corrected chi connectivity index (χ1v) is 5.16. The molecule has 0 saturated carbocycles. The van der Waals surface area contributed by atoms with Crippen molar-refractivity contribution < 1.29 is 4.42 Å². The smallest absolute Gasteiger partial charge is 0.372 e. The van der Waals surface area contributed by atoms with Gasteiger partial charge in [0.2, 0.25) is 0 Å². The van der Waals surface area contributed by atoms with E-state index in [1.807, 2.05) is 0 Å². The highest BCUT2D eigenvalue weighted by molar-refractivity contribution is 9.10. The van der Waals surface area contributed by atoms with E-state index in [0.717, 1.165) is 0 Å². The number of hydrogen-bond acceptors (Lipinski definition) is 3. The number of benzene rings is 1. The maximum atomic E-state index is 11.4. The topological polar surface area (TPSA) is 52.2 Å². The number of aromatic nitrogens is 1. The van der Waals surface area contributed by atoms with E-state index in [4.69, 9.17) is 11.6 Å². The Morgan fingerprint density at radius 3 is 2.73 bits per heavy atom. The molecule has 0 spiro atoms. The van der Waals surface area contributed by atoms with Crippen LogP contribution in [0.5, 0.6) is 0 Å². The van der Waals surface area contributed by atoms with Crippen molar-refractivity contribution in [2.45, 2.75) is 0 Å². The van der Waals surface area contributed by atoms with Gasteiger partial charge in [-0.25, -0.2) is 9.59 Å². The molecule has 2 aromatic rings. The van der Waals surface area contributed by atoms with Crippen molar-refractivity contribution in [3.63, 3.8) is 0 Å². The Morgan fingerprint density at radius 2 is 2.07 bits per heavy atom. The van der Waals surface area contributed by atoms with Crippen LogP contribution in [0.25, 0.3) is 10.9 Å². The summed E-state index contributed by atoms with van der Waals surface area (Å²) in [7, 11) is 1.49. The highest BCUT2D eigenvalue weighted by Crippen LogP contribution is 2.24. The van der Waals surface area contributed by atoms with E-state index in [1.165, 1.54) is 11.6 Å². The van der Waals surface area contributed by atoms with Crippen LogP contribution in [0.4, 0.5) is 0 Å². The van der Waals surface area contributed by atoms with Gasteiger partial charge in [0, 0.05) is 11.5 Å². The van der Waals surface area contributed by atoms with Crippen LogP contribution >= 0.6 is 27.5 Å². The molecule has 15 heavy (non-hydrogen) atoms. The first kappa shape index (κ1) is 10.4. The van der Waals surface area contributed by atoms with Crippen molar-refractivity contribution in [1.82, 2.24) is 4.57 Å². The van der Waals surface area contributed by atoms with Gasteiger partial charge in [-0.15, -0.1) is 0 Å². The van der Waals surface area contributed by atoms with E-state index in [0.29, 0.717) is 15.0 Å². The van der Waals surface area contributed by atoms with E-state index >= 15 is 0 Å². The molecule has 0 fully saturated rings. The molecule has 1 aromatic carbocycles. The summed E-state index contributed by atoms with van der Waals surface area (Å²) in [5.74, 6) is -0.725. The van der Waals surface area contributed by atoms with Gasteiger partial charge in [0.15, 0.2) is 0 Å². The second-order valence-corrected chi connectivity index (χ2v) is 4.32. The molecule has 0 N–H and O–H groups in total. The predicted molar refractivity (Wildman–Crippen MR) is 60.4 cm³/mol. The molecular weight excluding hydrogens is 285 g/mol. The highest BCUT2D eigenvalue weighted by Gasteiger charge is 2.10. The van der Waals surface area contributed by atoms with Crippen LogP contribution in [-0.4, -0.2) is 4.57 Å². The number of halogens is 2. The van der Waals surface area contributed by atoms with Gasteiger partial charge >= 0.3 is 11.4 Å². The lowest BCUT2D eigenvalue weighted by molar-refractivity contribution is 0.433. The zero-order chi connectivity index (χ0) is 11.2. The molecule has 0 atom stereocenters. The molecule has 4 nitrogen and oxygen atoms in total. The summed E-state index contributed by atoms with van der Waals surface area (Å²) in [6, 6.07) is 3.18. The van der Waals surface area contributed by atoms with Gasteiger partial charge in [0.1, 0.15) is 0 Å². The molecule has 0 saturated heterocycles. The molecule has 0 aliphatic heterocycles. The van der Waals surface area contributed by atoms with E-state index < -0.39 is 11.4 Å². The maximum absolute atomic E-state index is 11.4. The van der Waals surface area contributed by atoms with E-state index in [9.17, 15) is 9.59 Å². The molecule has 1 heterocycles. The molecular formula is C9H5BrClNO3. The van der Waals surface area contributed by atoms with Crippen LogP contribution in [0.1, 0.15) is 0 Å². The van der Waals surface area contributed by atoms with E-state index in [2.05, 4.69) is 20.3 Å². The van der Waals surface area contributed by atoms with Crippen LogP contribution in [0.15, 0.2) is 30.6 Å². The monoisotopic (exact) mass is 289 g/mol. The zero-order valence-electron chi connectivity index (χ0n) is 7.58. The van der Waals surface area contributed by atoms with E-state index in [-0.39, 0.29) is 5.39 Å². The molecule has 0 amide bonds. The average Bonchev–Trinajstić information content (AvgIpc) is 2.13. The zero-order valence-corrected chi connectivity index (χ0v) is 9.92. The fourth-order valence-electron chi connectivity index (χ4n) is 1.36. The Balaban J connectivity index is 3.17. The Hall–Kier alpha value is -1.07. The number of nitrogens with zero attached hydrogens (tertiary/aromatic N) is 1.